The van der Waals surface area contributed by atoms with Crippen LogP contribution in [0.15, 0.2) is 24.3 Å². The Labute approximate surface area is 115 Å². The van der Waals surface area contributed by atoms with Crippen molar-refractivity contribution < 1.29 is 0 Å². The second-order valence-corrected chi connectivity index (χ2v) is 7.09. The van der Waals surface area contributed by atoms with Gasteiger partial charge in [-0.1, -0.05) is 57.9 Å². The Hall–Kier alpha value is -0.560. The molecule has 0 saturated heterocycles. The van der Waals surface area contributed by atoms with Crippen molar-refractivity contribution >= 4 is 0 Å². The molecule has 0 unspecified atom stereocenters. The summed E-state index contributed by atoms with van der Waals surface area (Å²) >= 11 is 0. The molecule has 0 bridgehead atoms. The fourth-order valence-corrected chi connectivity index (χ4v) is 1.73. The molecule has 0 spiro atoms. The van der Waals surface area contributed by atoms with E-state index in [-0.39, 0.29) is 11.0 Å². The predicted octanol–water partition coefficient (Wildman–Crippen LogP) is 5.22. The van der Waals surface area contributed by atoms with E-state index in [1.807, 2.05) is 13.8 Å². The lowest BCUT2D eigenvalue weighted by Gasteiger charge is -2.22. The van der Waals surface area contributed by atoms with Gasteiger partial charge in [0.25, 0.3) is 0 Å². The summed E-state index contributed by atoms with van der Waals surface area (Å²) in [5.74, 6) is 0. The zero-order chi connectivity index (χ0) is 14.4. The third kappa shape index (κ3) is 7.71. The van der Waals surface area contributed by atoms with Crippen LogP contribution in [0.1, 0.15) is 73.1 Å². The van der Waals surface area contributed by atoms with Gasteiger partial charge in [0.1, 0.15) is 0 Å². The molecule has 0 radical (unpaired) electrons. The van der Waals surface area contributed by atoms with Crippen molar-refractivity contribution in [1.82, 2.24) is 0 Å². The van der Waals surface area contributed by atoms with E-state index in [4.69, 9.17) is 5.73 Å². The smallest absolute Gasteiger partial charge is 0.0308 e. The van der Waals surface area contributed by atoms with Gasteiger partial charge in [-0.25, -0.2) is 0 Å². The summed E-state index contributed by atoms with van der Waals surface area (Å²) in [6, 6.07) is 0. The van der Waals surface area contributed by atoms with Crippen molar-refractivity contribution in [3.05, 3.63) is 24.3 Å². The first-order valence-electron chi connectivity index (χ1n) is 7.20. The maximum atomic E-state index is 6.00. The van der Waals surface area contributed by atoms with Gasteiger partial charge in [0.05, 0.1) is 0 Å². The summed E-state index contributed by atoms with van der Waals surface area (Å²) < 4.78 is 0. The van der Waals surface area contributed by atoms with Crippen molar-refractivity contribution in [3.8, 4) is 0 Å². The van der Waals surface area contributed by atoms with E-state index >= 15 is 0 Å². The van der Waals surface area contributed by atoms with Crippen molar-refractivity contribution in [2.24, 2.45) is 11.1 Å². The van der Waals surface area contributed by atoms with E-state index in [0.717, 1.165) is 12.8 Å². The Bertz CT molecular complexity index is 243. The molecule has 0 aliphatic heterocycles. The molecule has 0 heterocycles. The van der Waals surface area contributed by atoms with Gasteiger partial charge in [0.2, 0.25) is 0 Å². The van der Waals surface area contributed by atoms with Crippen LogP contribution < -0.4 is 5.73 Å². The number of rotatable bonds is 8. The Balaban J connectivity index is 3.60. The maximum Gasteiger partial charge on any atom is 0.0308 e. The van der Waals surface area contributed by atoms with Crippen LogP contribution in [-0.2, 0) is 0 Å². The highest BCUT2D eigenvalue weighted by atomic mass is 14.7. The Morgan fingerprint density at radius 3 is 1.50 bits per heavy atom. The zero-order valence-corrected chi connectivity index (χ0v) is 13.2. The monoisotopic (exact) mass is 251 g/mol. The highest BCUT2D eigenvalue weighted by Gasteiger charge is 2.15. The van der Waals surface area contributed by atoms with E-state index < -0.39 is 0 Å². The van der Waals surface area contributed by atoms with Crippen LogP contribution in [-0.4, -0.2) is 5.54 Å². The van der Waals surface area contributed by atoms with Gasteiger partial charge >= 0.3 is 0 Å². The number of nitrogens with two attached hydrogens (primary N) is 1. The molecule has 0 aromatic carbocycles. The Morgan fingerprint density at radius 1 is 0.778 bits per heavy atom. The Morgan fingerprint density at radius 2 is 1.17 bits per heavy atom. The summed E-state index contributed by atoms with van der Waals surface area (Å²) in [6.07, 6.45) is 7.24. The predicted molar refractivity (Wildman–Crippen MR) is 83.7 cm³/mol. The third-order valence-corrected chi connectivity index (χ3v) is 3.68. The van der Waals surface area contributed by atoms with Gasteiger partial charge < -0.3 is 5.73 Å². The average Bonchev–Trinajstić information content (AvgIpc) is 2.19. The lowest BCUT2D eigenvalue weighted by Crippen LogP contribution is -2.33. The normalized spacial score (nSPS) is 12.6. The molecule has 2 N–H and O–H groups in total. The molecule has 0 aliphatic rings. The van der Waals surface area contributed by atoms with Gasteiger partial charge in [0, 0.05) is 5.54 Å². The summed E-state index contributed by atoms with van der Waals surface area (Å²) in [4.78, 5) is 0. The molecule has 18 heavy (non-hydrogen) atoms. The standard InChI is InChI=1S/C17H33N/c1-14(16(3,4)5)12-10-8-9-11-13-15(2)17(6,7)18/h1-2,8-13,18H2,3-7H3. The zero-order valence-electron chi connectivity index (χ0n) is 13.2. The van der Waals surface area contributed by atoms with Crippen LogP contribution in [0, 0.1) is 5.41 Å². The molecule has 0 rings (SSSR count). The molecule has 1 nitrogen and oxygen atoms in total. The summed E-state index contributed by atoms with van der Waals surface area (Å²) in [5.41, 5.74) is 8.57. The first-order chi connectivity index (χ1) is 8.05. The SMILES string of the molecule is C=C(CCCCCCC(=C)C(C)(C)N)C(C)(C)C. The van der Waals surface area contributed by atoms with E-state index in [2.05, 4.69) is 33.9 Å². The van der Waals surface area contributed by atoms with Crippen molar-refractivity contribution in [2.75, 3.05) is 0 Å². The number of hydrogen-bond donors (Lipinski definition) is 1. The highest BCUT2D eigenvalue weighted by Crippen LogP contribution is 2.28. The maximum absolute atomic E-state index is 6.00. The minimum absolute atomic E-state index is 0.222. The van der Waals surface area contributed by atoms with Crippen LogP contribution in [0.25, 0.3) is 0 Å². The van der Waals surface area contributed by atoms with E-state index in [1.54, 1.807) is 0 Å². The largest absolute Gasteiger partial charge is 0.322 e. The molecule has 0 amide bonds. The second kappa shape index (κ2) is 7.13. The van der Waals surface area contributed by atoms with Gasteiger partial charge in [0.15, 0.2) is 0 Å². The minimum atomic E-state index is -0.222. The number of hydrogen-bond acceptors (Lipinski definition) is 1. The molecule has 0 aromatic rings. The number of unbranched alkanes of at least 4 members (excludes halogenated alkanes) is 3. The third-order valence-electron chi connectivity index (χ3n) is 3.68. The quantitative estimate of drug-likeness (QED) is 0.464. The molecule has 0 aliphatic carbocycles. The topological polar surface area (TPSA) is 26.0 Å². The summed E-state index contributed by atoms with van der Waals surface area (Å²) in [5, 5.41) is 0. The van der Waals surface area contributed by atoms with Gasteiger partial charge in [-0.2, -0.15) is 0 Å². The fourth-order valence-electron chi connectivity index (χ4n) is 1.73. The fraction of sp³-hybridized carbons (Fsp3) is 0.765. The van der Waals surface area contributed by atoms with E-state index in [0.29, 0.717) is 0 Å². The van der Waals surface area contributed by atoms with Gasteiger partial charge in [-0.3, -0.25) is 0 Å². The van der Waals surface area contributed by atoms with Gasteiger partial charge in [-0.15, -0.1) is 0 Å². The minimum Gasteiger partial charge on any atom is -0.322 e. The molecule has 0 saturated carbocycles. The van der Waals surface area contributed by atoms with Crippen LogP contribution in [0.5, 0.6) is 0 Å². The van der Waals surface area contributed by atoms with Crippen molar-refractivity contribution in [3.63, 3.8) is 0 Å². The summed E-state index contributed by atoms with van der Waals surface area (Å²) in [6.45, 7) is 19.0. The van der Waals surface area contributed by atoms with Crippen LogP contribution in [0.2, 0.25) is 0 Å². The molecular formula is C17H33N. The van der Waals surface area contributed by atoms with Gasteiger partial charge in [-0.05, 0) is 44.9 Å². The lowest BCUT2D eigenvalue weighted by atomic mass is 9.84. The molecule has 0 fully saturated rings. The van der Waals surface area contributed by atoms with E-state index in [1.165, 1.54) is 36.8 Å². The molecule has 0 atom stereocenters. The second-order valence-electron chi connectivity index (χ2n) is 7.09. The average molecular weight is 251 g/mol. The van der Waals surface area contributed by atoms with E-state index in [9.17, 15) is 0 Å². The van der Waals surface area contributed by atoms with Crippen LogP contribution in [0.4, 0.5) is 0 Å². The van der Waals surface area contributed by atoms with Crippen molar-refractivity contribution in [2.45, 2.75) is 78.7 Å². The number of allylic oxidation sites excluding steroid dienone is 1. The first kappa shape index (κ1) is 17.4. The molecule has 0 aromatic heterocycles. The van der Waals surface area contributed by atoms with Crippen LogP contribution >= 0.6 is 0 Å². The summed E-state index contributed by atoms with van der Waals surface area (Å²) in [7, 11) is 0. The lowest BCUT2D eigenvalue weighted by molar-refractivity contribution is 0.472. The molecular weight excluding hydrogens is 218 g/mol. The van der Waals surface area contributed by atoms with Crippen LogP contribution in [0.3, 0.4) is 0 Å². The highest BCUT2D eigenvalue weighted by molar-refractivity contribution is 5.11. The van der Waals surface area contributed by atoms with Crippen molar-refractivity contribution in [1.29, 1.82) is 0 Å². The first-order valence-corrected chi connectivity index (χ1v) is 7.20. The molecule has 106 valence electrons. The molecule has 1 heteroatoms. The Kier molecular flexibility index (Phi) is 6.91.